The second kappa shape index (κ2) is 6.51. The van der Waals surface area contributed by atoms with Crippen molar-refractivity contribution in [3.05, 3.63) is 36.4 Å². The van der Waals surface area contributed by atoms with Gasteiger partial charge in [0, 0.05) is 43.4 Å². The molecule has 0 spiro atoms. The molecule has 0 radical (unpaired) electrons. The maximum absolute atomic E-state index is 4.27. The zero-order valence-electron chi connectivity index (χ0n) is 10.7. The van der Waals surface area contributed by atoms with Crippen molar-refractivity contribution in [1.82, 2.24) is 24.6 Å². The van der Waals surface area contributed by atoms with E-state index in [1.807, 2.05) is 35.6 Å². The number of rotatable bonds is 6. The van der Waals surface area contributed by atoms with Crippen LogP contribution >= 0.6 is 11.8 Å². The van der Waals surface area contributed by atoms with Crippen molar-refractivity contribution in [3.63, 3.8) is 0 Å². The summed E-state index contributed by atoms with van der Waals surface area (Å²) in [6, 6.07) is 1.94. The summed E-state index contributed by atoms with van der Waals surface area (Å²) < 4.78 is 1.93. The lowest BCUT2D eigenvalue weighted by Crippen LogP contribution is -2.23. The zero-order valence-corrected chi connectivity index (χ0v) is 11.5. The molecule has 0 saturated heterocycles. The van der Waals surface area contributed by atoms with Crippen LogP contribution in [0, 0.1) is 0 Å². The molecule has 18 heavy (non-hydrogen) atoms. The molecular formula is C12H17N5S. The normalized spacial score (nSPS) is 11.1. The fourth-order valence-corrected chi connectivity index (χ4v) is 1.94. The Bertz CT molecular complexity index is 454. The van der Waals surface area contributed by atoms with Crippen molar-refractivity contribution in [2.24, 2.45) is 0 Å². The van der Waals surface area contributed by atoms with E-state index in [1.165, 1.54) is 0 Å². The van der Waals surface area contributed by atoms with Gasteiger partial charge in [-0.05, 0) is 19.4 Å². The third-order valence-corrected chi connectivity index (χ3v) is 3.16. The van der Waals surface area contributed by atoms with Crippen LogP contribution in [0.15, 0.2) is 36.0 Å². The van der Waals surface area contributed by atoms with Gasteiger partial charge in [0.15, 0.2) is 5.16 Å². The lowest BCUT2D eigenvalue weighted by Gasteiger charge is -2.16. The first-order valence-electron chi connectivity index (χ1n) is 5.79. The average molecular weight is 263 g/mol. The van der Waals surface area contributed by atoms with E-state index >= 15 is 0 Å². The first-order chi connectivity index (χ1) is 8.78. The van der Waals surface area contributed by atoms with Crippen molar-refractivity contribution in [2.75, 3.05) is 19.8 Å². The van der Waals surface area contributed by atoms with Crippen LogP contribution in [0.3, 0.4) is 0 Å². The summed E-state index contributed by atoms with van der Waals surface area (Å²) in [5.74, 6) is 0. The van der Waals surface area contributed by atoms with E-state index in [9.17, 15) is 0 Å². The summed E-state index contributed by atoms with van der Waals surface area (Å²) in [5, 5.41) is 5.00. The minimum atomic E-state index is 0.818. The Morgan fingerprint density at radius 3 is 2.72 bits per heavy atom. The van der Waals surface area contributed by atoms with Gasteiger partial charge >= 0.3 is 0 Å². The van der Waals surface area contributed by atoms with Crippen molar-refractivity contribution < 1.29 is 0 Å². The molecule has 0 amide bonds. The molecule has 0 N–H and O–H groups in total. The van der Waals surface area contributed by atoms with E-state index in [1.54, 1.807) is 18.0 Å². The Hall–Kier alpha value is -1.40. The first-order valence-corrected chi connectivity index (χ1v) is 7.01. The van der Waals surface area contributed by atoms with Gasteiger partial charge in [-0.2, -0.15) is 5.10 Å². The van der Waals surface area contributed by atoms with Crippen molar-refractivity contribution >= 4 is 11.8 Å². The molecule has 2 heterocycles. The third kappa shape index (κ3) is 3.82. The van der Waals surface area contributed by atoms with Crippen LogP contribution in [0.4, 0.5) is 0 Å². The van der Waals surface area contributed by atoms with Crippen molar-refractivity contribution in [1.29, 1.82) is 0 Å². The van der Waals surface area contributed by atoms with Gasteiger partial charge in [0.1, 0.15) is 0 Å². The molecular weight excluding hydrogens is 246 g/mol. The summed E-state index contributed by atoms with van der Waals surface area (Å²) >= 11 is 1.56. The van der Waals surface area contributed by atoms with Crippen LogP contribution in [-0.2, 0) is 13.1 Å². The molecule has 0 bridgehead atoms. The predicted octanol–water partition coefficient (Wildman–Crippen LogP) is 1.53. The summed E-state index contributed by atoms with van der Waals surface area (Å²) in [6.45, 7) is 2.70. The van der Waals surface area contributed by atoms with Gasteiger partial charge in [-0.15, -0.1) is 0 Å². The van der Waals surface area contributed by atoms with Crippen molar-refractivity contribution in [3.8, 4) is 0 Å². The Kier molecular flexibility index (Phi) is 4.72. The second-order valence-electron chi connectivity index (χ2n) is 4.08. The minimum absolute atomic E-state index is 0.818. The van der Waals surface area contributed by atoms with Gasteiger partial charge in [-0.3, -0.25) is 4.68 Å². The molecule has 0 aliphatic heterocycles. The van der Waals surface area contributed by atoms with E-state index in [-0.39, 0.29) is 0 Å². The number of hydrogen-bond acceptors (Lipinski definition) is 5. The lowest BCUT2D eigenvalue weighted by atomic mass is 10.3. The fourth-order valence-electron chi connectivity index (χ4n) is 1.63. The minimum Gasteiger partial charge on any atom is -0.300 e. The van der Waals surface area contributed by atoms with Gasteiger partial charge in [0.25, 0.3) is 0 Å². The van der Waals surface area contributed by atoms with Crippen LogP contribution in [-0.4, -0.2) is 44.5 Å². The Morgan fingerprint density at radius 1 is 1.33 bits per heavy atom. The summed E-state index contributed by atoms with van der Waals surface area (Å²) in [5.41, 5.74) is 1.13. The highest BCUT2D eigenvalue weighted by molar-refractivity contribution is 7.98. The molecule has 2 rings (SSSR count). The molecule has 0 aliphatic rings. The van der Waals surface area contributed by atoms with Gasteiger partial charge in [0.05, 0.1) is 6.54 Å². The lowest BCUT2D eigenvalue weighted by molar-refractivity contribution is 0.304. The Labute approximate surface area is 111 Å². The standard InChI is InChI=1S/C12H17N5S/c1-16(6-7-17-5-3-4-15-17)10-11-8-13-12(18-2)14-9-11/h3-5,8-9H,6-7,10H2,1-2H3. The molecule has 0 atom stereocenters. The smallest absolute Gasteiger partial charge is 0.187 e. The second-order valence-corrected chi connectivity index (χ2v) is 4.86. The summed E-state index contributed by atoms with van der Waals surface area (Å²) in [7, 11) is 2.09. The number of aromatic nitrogens is 4. The fraction of sp³-hybridized carbons (Fsp3) is 0.417. The molecule has 2 aromatic rings. The van der Waals surface area contributed by atoms with E-state index in [0.29, 0.717) is 0 Å². The van der Waals surface area contributed by atoms with Gasteiger partial charge in [-0.1, -0.05) is 11.8 Å². The van der Waals surface area contributed by atoms with Gasteiger partial charge < -0.3 is 4.90 Å². The highest BCUT2D eigenvalue weighted by Gasteiger charge is 2.02. The summed E-state index contributed by atoms with van der Waals surface area (Å²) in [6.07, 6.45) is 9.54. The van der Waals surface area contributed by atoms with E-state index in [0.717, 1.165) is 30.4 Å². The molecule has 0 unspecified atom stereocenters. The quantitative estimate of drug-likeness (QED) is 0.584. The van der Waals surface area contributed by atoms with Crippen LogP contribution in [0.25, 0.3) is 0 Å². The molecule has 0 aromatic carbocycles. The largest absolute Gasteiger partial charge is 0.300 e. The zero-order chi connectivity index (χ0) is 12.8. The molecule has 5 nitrogen and oxygen atoms in total. The maximum atomic E-state index is 4.27. The molecule has 0 fully saturated rings. The predicted molar refractivity (Wildman–Crippen MR) is 72.4 cm³/mol. The van der Waals surface area contributed by atoms with Gasteiger partial charge in [-0.25, -0.2) is 9.97 Å². The Morgan fingerprint density at radius 2 is 2.11 bits per heavy atom. The van der Waals surface area contributed by atoms with E-state index in [2.05, 4.69) is 27.0 Å². The number of likely N-dealkylation sites (N-methyl/N-ethyl adjacent to an activating group) is 1. The van der Waals surface area contributed by atoms with Crippen LogP contribution in [0.2, 0.25) is 0 Å². The molecule has 2 aromatic heterocycles. The van der Waals surface area contributed by atoms with E-state index in [4.69, 9.17) is 0 Å². The van der Waals surface area contributed by atoms with Crippen molar-refractivity contribution in [2.45, 2.75) is 18.2 Å². The van der Waals surface area contributed by atoms with Gasteiger partial charge in [0.2, 0.25) is 0 Å². The number of nitrogens with zero attached hydrogens (tertiary/aromatic N) is 5. The third-order valence-electron chi connectivity index (χ3n) is 2.59. The molecule has 0 aliphatic carbocycles. The van der Waals surface area contributed by atoms with E-state index < -0.39 is 0 Å². The molecule has 96 valence electrons. The van der Waals surface area contributed by atoms with Crippen LogP contribution < -0.4 is 0 Å². The van der Waals surface area contributed by atoms with Crippen LogP contribution in [0.1, 0.15) is 5.56 Å². The average Bonchev–Trinajstić information content (AvgIpc) is 2.90. The molecule has 6 heteroatoms. The summed E-state index contributed by atoms with van der Waals surface area (Å²) in [4.78, 5) is 10.8. The topological polar surface area (TPSA) is 46.8 Å². The highest BCUT2D eigenvalue weighted by Crippen LogP contribution is 2.08. The maximum Gasteiger partial charge on any atom is 0.187 e. The highest BCUT2D eigenvalue weighted by atomic mass is 32.2. The number of hydrogen-bond donors (Lipinski definition) is 0. The monoisotopic (exact) mass is 263 g/mol. The van der Waals surface area contributed by atoms with Crippen LogP contribution in [0.5, 0.6) is 0 Å². The molecule has 0 saturated carbocycles. The number of thioether (sulfide) groups is 1. The Balaban J connectivity index is 1.80. The SMILES string of the molecule is CSc1ncc(CN(C)CCn2cccn2)cn1. The first kappa shape index (κ1) is 13.0.